The Kier molecular flexibility index (Phi) is 4.06. The van der Waals surface area contributed by atoms with E-state index < -0.39 is 23.6 Å². The number of alkyl halides is 3. The highest BCUT2D eigenvalue weighted by molar-refractivity contribution is 5.87. The lowest BCUT2D eigenvalue weighted by molar-refractivity contribution is -0.132. The van der Waals surface area contributed by atoms with Gasteiger partial charge in [-0.05, 0) is 18.6 Å². The minimum absolute atomic E-state index is 0.0200. The molecule has 5 nitrogen and oxygen atoms in total. The largest absolute Gasteiger partial charge is 0.477 e. The van der Waals surface area contributed by atoms with Crippen molar-refractivity contribution >= 4 is 11.9 Å². The molecule has 1 aliphatic heterocycles. The maximum atomic E-state index is 12.5. The number of carboxylic acid groups (broad SMARTS) is 1. The molecule has 114 valence electrons. The van der Waals surface area contributed by atoms with E-state index in [0.717, 1.165) is 6.08 Å². The van der Waals surface area contributed by atoms with Crippen LogP contribution in [0.25, 0.3) is 0 Å². The molecule has 0 saturated heterocycles. The molecule has 2 rings (SSSR count). The molecule has 2 heterocycles. The van der Waals surface area contributed by atoms with Gasteiger partial charge in [0.25, 0.3) is 0 Å². The number of rotatable bonds is 3. The van der Waals surface area contributed by atoms with Gasteiger partial charge < -0.3 is 14.6 Å². The van der Waals surface area contributed by atoms with Gasteiger partial charge in [0.2, 0.25) is 5.91 Å². The third-order valence-electron chi connectivity index (χ3n) is 3.28. The lowest BCUT2D eigenvalue weighted by atomic mass is 10.1. The summed E-state index contributed by atoms with van der Waals surface area (Å²) < 4.78 is 38.7. The van der Waals surface area contributed by atoms with Gasteiger partial charge in [-0.2, -0.15) is 13.2 Å². The molecule has 0 aliphatic carbocycles. The quantitative estimate of drug-likeness (QED) is 0.868. The highest BCUT2D eigenvalue weighted by Gasteiger charge is 2.35. The molecule has 0 spiro atoms. The number of aromatic carboxylic acids is 1. The Balaban J connectivity index is 2.01. The van der Waals surface area contributed by atoms with Gasteiger partial charge in [0.1, 0.15) is 12.2 Å². The molecule has 0 bridgehead atoms. The fourth-order valence-corrected chi connectivity index (χ4v) is 2.14. The van der Waals surface area contributed by atoms with E-state index in [9.17, 15) is 22.8 Å². The first-order chi connectivity index (χ1) is 9.79. The van der Waals surface area contributed by atoms with Crippen LogP contribution in [-0.4, -0.2) is 45.7 Å². The molecule has 1 aliphatic rings. The monoisotopic (exact) mass is 302 g/mol. The normalized spacial score (nSPS) is 15.8. The van der Waals surface area contributed by atoms with Crippen molar-refractivity contribution in [3.05, 3.63) is 35.7 Å². The number of carboxylic acids is 1. The molecule has 8 heteroatoms. The van der Waals surface area contributed by atoms with Gasteiger partial charge in [0, 0.05) is 24.9 Å². The molecule has 0 unspecified atom stereocenters. The maximum absolute atomic E-state index is 12.5. The Hall–Kier alpha value is -2.25. The second-order valence-electron chi connectivity index (χ2n) is 4.64. The van der Waals surface area contributed by atoms with Crippen LogP contribution >= 0.6 is 0 Å². The van der Waals surface area contributed by atoms with Crippen LogP contribution in [0.15, 0.2) is 30.0 Å². The molecule has 1 amide bonds. The third kappa shape index (κ3) is 3.45. The van der Waals surface area contributed by atoms with Gasteiger partial charge in [-0.1, -0.05) is 6.08 Å². The van der Waals surface area contributed by atoms with Crippen molar-refractivity contribution in [1.29, 1.82) is 0 Å². The van der Waals surface area contributed by atoms with Crippen molar-refractivity contribution in [3.8, 4) is 0 Å². The van der Waals surface area contributed by atoms with Crippen LogP contribution in [0.3, 0.4) is 0 Å². The Morgan fingerprint density at radius 1 is 1.33 bits per heavy atom. The average molecular weight is 302 g/mol. The summed E-state index contributed by atoms with van der Waals surface area (Å²) in [6, 6.07) is 2.85. The number of amides is 1. The van der Waals surface area contributed by atoms with Crippen LogP contribution in [0.4, 0.5) is 13.2 Å². The van der Waals surface area contributed by atoms with E-state index >= 15 is 0 Å². The number of nitrogens with zero attached hydrogens (tertiary/aromatic N) is 2. The summed E-state index contributed by atoms with van der Waals surface area (Å²) in [6.45, 7) is -0.338. The Labute approximate surface area is 118 Å². The molecule has 21 heavy (non-hydrogen) atoms. The molecule has 0 saturated carbocycles. The summed E-state index contributed by atoms with van der Waals surface area (Å²) in [5.74, 6) is -1.57. The highest BCUT2D eigenvalue weighted by Crippen LogP contribution is 2.30. The van der Waals surface area contributed by atoms with Crippen LogP contribution in [0.1, 0.15) is 16.9 Å². The summed E-state index contributed by atoms with van der Waals surface area (Å²) in [5.41, 5.74) is -0.661. The van der Waals surface area contributed by atoms with Crippen LogP contribution in [0.5, 0.6) is 0 Å². The fraction of sp³-hybridized carbons (Fsp3) is 0.385. The zero-order valence-corrected chi connectivity index (χ0v) is 10.9. The van der Waals surface area contributed by atoms with Gasteiger partial charge >= 0.3 is 12.1 Å². The molecule has 0 radical (unpaired) electrons. The van der Waals surface area contributed by atoms with Gasteiger partial charge in [0.15, 0.2) is 0 Å². The van der Waals surface area contributed by atoms with E-state index in [2.05, 4.69) is 0 Å². The second kappa shape index (κ2) is 5.63. The SMILES string of the molecule is O=C(O)c1cccn1CC(=O)N1CC=C(C(F)(F)F)CC1. The Morgan fingerprint density at radius 3 is 2.57 bits per heavy atom. The smallest absolute Gasteiger partial charge is 0.412 e. The molecule has 1 N–H and O–H groups in total. The molecule has 0 fully saturated rings. The van der Waals surface area contributed by atoms with E-state index in [4.69, 9.17) is 5.11 Å². The standard InChI is InChI=1S/C13H13F3N2O3/c14-13(15,16)9-3-6-17(7-4-9)11(19)8-18-5-1-2-10(18)12(20)21/h1-3,5H,4,6-8H2,(H,20,21). The third-order valence-corrected chi connectivity index (χ3v) is 3.28. The Morgan fingerprint density at radius 2 is 2.05 bits per heavy atom. The summed E-state index contributed by atoms with van der Waals surface area (Å²) in [4.78, 5) is 24.2. The maximum Gasteiger partial charge on any atom is 0.412 e. The fourth-order valence-electron chi connectivity index (χ4n) is 2.14. The van der Waals surface area contributed by atoms with Crippen molar-refractivity contribution in [2.75, 3.05) is 13.1 Å². The van der Waals surface area contributed by atoms with Crippen LogP contribution in [0.2, 0.25) is 0 Å². The molecule has 0 atom stereocenters. The number of aromatic nitrogens is 1. The number of hydrogen-bond acceptors (Lipinski definition) is 2. The van der Waals surface area contributed by atoms with Gasteiger partial charge in [-0.15, -0.1) is 0 Å². The zero-order valence-electron chi connectivity index (χ0n) is 10.9. The molecule has 1 aromatic heterocycles. The number of carbonyl (C=O) groups excluding carboxylic acids is 1. The molecule has 0 aromatic carbocycles. The van der Waals surface area contributed by atoms with Gasteiger partial charge in [0.05, 0.1) is 0 Å². The minimum atomic E-state index is -4.36. The summed E-state index contributed by atoms with van der Waals surface area (Å²) in [5, 5.41) is 8.92. The van der Waals surface area contributed by atoms with Crippen molar-refractivity contribution in [3.63, 3.8) is 0 Å². The van der Waals surface area contributed by atoms with E-state index in [1.165, 1.54) is 27.8 Å². The minimum Gasteiger partial charge on any atom is -0.477 e. The van der Waals surface area contributed by atoms with Gasteiger partial charge in [-0.3, -0.25) is 4.79 Å². The average Bonchev–Trinajstić information content (AvgIpc) is 2.86. The molecular weight excluding hydrogens is 289 g/mol. The predicted octanol–water partition coefficient (Wildman–Crippen LogP) is 1.91. The summed E-state index contributed by atoms with van der Waals surface area (Å²) in [7, 11) is 0. The van der Waals surface area contributed by atoms with Crippen molar-refractivity contribution in [2.24, 2.45) is 0 Å². The van der Waals surface area contributed by atoms with E-state index in [1.54, 1.807) is 0 Å². The van der Waals surface area contributed by atoms with Crippen LogP contribution in [-0.2, 0) is 11.3 Å². The van der Waals surface area contributed by atoms with Crippen molar-refractivity contribution in [1.82, 2.24) is 9.47 Å². The topological polar surface area (TPSA) is 62.5 Å². The lowest BCUT2D eigenvalue weighted by Gasteiger charge is -2.27. The zero-order chi connectivity index (χ0) is 15.6. The number of halogens is 3. The second-order valence-corrected chi connectivity index (χ2v) is 4.64. The lowest BCUT2D eigenvalue weighted by Crippen LogP contribution is -2.38. The highest BCUT2D eigenvalue weighted by atomic mass is 19.4. The van der Waals surface area contributed by atoms with E-state index in [1.807, 2.05) is 0 Å². The molecular formula is C13H13F3N2O3. The summed E-state index contributed by atoms with van der Waals surface area (Å²) in [6.07, 6.45) is -2.16. The predicted molar refractivity (Wildman–Crippen MR) is 66.7 cm³/mol. The number of hydrogen-bond donors (Lipinski definition) is 1. The Bertz CT molecular complexity index is 590. The first-order valence-electron chi connectivity index (χ1n) is 6.21. The van der Waals surface area contributed by atoms with Gasteiger partial charge in [-0.25, -0.2) is 4.79 Å². The van der Waals surface area contributed by atoms with Crippen molar-refractivity contribution < 1.29 is 27.9 Å². The van der Waals surface area contributed by atoms with E-state index in [-0.39, 0.29) is 31.7 Å². The van der Waals surface area contributed by atoms with Crippen molar-refractivity contribution in [2.45, 2.75) is 19.1 Å². The van der Waals surface area contributed by atoms with E-state index in [0.29, 0.717) is 0 Å². The number of carbonyl (C=O) groups is 2. The first-order valence-corrected chi connectivity index (χ1v) is 6.21. The molecule has 1 aromatic rings. The first kappa shape index (κ1) is 15.1. The van der Waals surface area contributed by atoms with Crippen LogP contribution < -0.4 is 0 Å². The summed E-state index contributed by atoms with van der Waals surface area (Å²) >= 11 is 0. The van der Waals surface area contributed by atoms with Crippen LogP contribution in [0, 0.1) is 0 Å².